The van der Waals surface area contributed by atoms with Crippen LogP contribution in [0.3, 0.4) is 0 Å². The van der Waals surface area contributed by atoms with Crippen molar-refractivity contribution in [3.8, 4) is 5.75 Å². The molecular weight excluding hydrogens is 363 g/mol. The van der Waals surface area contributed by atoms with Crippen LogP contribution in [0, 0.1) is 5.82 Å². The van der Waals surface area contributed by atoms with Crippen LogP contribution >= 0.6 is 0 Å². The molecule has 1 amide bonds. The summed E-state index contributed by atoms with van der Waals surface area (Å²) >= 11 is 0. The van der Waals surface area contributed by atoms with Crippen LogP contribution in [-0.4, -0.2) is 33.2 Å². The van der Waals surface area contributed by atoms with Crippen LogP contribution in [0.5, 0.6) is 5.75 Å². The minimum Gasteiger partial charge on any atom is -0.495 e. The molecule has 0 unspecified atom stereocenters. The van der Waals surface area contributed by atoms with E-state index in [1.165, 1.54) is 17.9 Å². The molecule has 3 aromatic rings. The first-order valence-electron chi connectivity index (χ1n) is 8.54. The van der Waals surface area contributed by atoms with Crippen molar-refractivity contribution in [1.82, 2.24) is 20.2 Å². The van der Waals surface area contributed by atoms with Gasteiger partial charge in [-0.05, 0) is 35.5 Å². The van der Waals surface area contributed by atoms with Gasteiger partial charge in [0.1, 0.15) is 17.6 Å². The smallest absolute Gasteiger partial charge is 0.255 e. The fourth-order valence-electron chi connectivity index (χ4n) is 3.23. The number of benzene rings is 2. The van der Waals surface area contributed by atoms with Gasteiger partial charge in [0.15, 0.2) is 0 Å². The van der Waals surface area contributed by atoms with Crippen molar-refractivity contribution in [2.45, 2.75) is 13.0 Å². The molecule has 142 valence electrons. The van der Waals surface area contributed by atoms with Gasteiger partial charge in [0.2, 0.25) is 5.95 Å². The fraction of sp³-hybridized carbons (Fsp3) is 0.158. The molecule has 0 bridgehead atoms. The highest BCUT2D eigenvalue weighted by Gasteiger charge is 2.35. The van der Waals surface area contributed by atoms with Crippen LogP contribution in [0.15, 0.2) is 59.8 Å². The first kappa shape index (κ1) is 17.7. The summed E-state index contributed by atoms with van der Waals surface area (Å²) in [6, 6.07) is 12.5. The van der Waals surface area contributed by atoms with E-state index in [4.69, 9.17) is 4.74 Å². The number of hydrogen-bond donors (Lipinski definition) is 2. The summed E-state index contributed by atoms with van der Waals surface area (Å²) in [7, 11) is 1.52. The lowest BCUT2D eigenvalue weighted by Gasteiger charge is -2.28. The van der Waals surface area contributed by atoms with Crippen molar-refractivity contribution in [3.05, 3.63) is 71.2 Å². The van der Waals surface area contributed by atoms with Gasteiger partial charge in [-0.2, -0.15) is 4.68 Å². The number of nitrogens with zero attached hydrogens (tertiary/aromatic N) is 4. The average Bonchev–Trinajstić information content (AvgIpc) is 3.16. The van der Waals surface area contributed by atoms with Crippen molar-refractivity contribution < 1.29 is 13.9 Å². The Morgan fingerprint density at radius 3 is 2.75 bits per heavy atom. The normalized spacial score (nSPS) is 15.6. The van der Waals surface area contributed by atoms with E-state index in [9.17, 15) is 9.18 Å². The maximum absolute atomic E-state index is 14.6. The minimum atomic E-state index is -0.817. The van der Waals surface area contributed by atoms with Crippen molar-refractivity contribution in [2.75, 3.05) is 17.7 Å². The lowest BCUT2D eigenvalue weighted by atomic mass is 9.94. The summed E-state index contributed by atoms with van der Waals surface area (Å²) in [6.07, 6.45) is 0. The zero-order valence-electron chi connectivity index (χ0n) is 15.2. The van der Waals surface area contributed by atoms with E-state index in [1.807, 2.05) is 0 Å². The average molecular weight is 380 g/mol. The van der Waals surface area contributed by atoms with Crippen LogP contribution in [0.1, 0.15) is 18.5 Å². The van der Waals surface area contributed by atoms with E-state index in [2.05, 4.69) is 26.2 Å². The maximum Gasteiger partial charge on any atom is 0.255 e. The summed E-state index contributed by atoms with van der Waals surface area (Å²) in [5, 5.41) is 17.3. The third-order valence-electron chi connectivity index (χ3n) is 4.51. The summed E-state index contributed by atoms with van der Waals surface area (Å²) in [6.45, 7) is 1.73. The Hall–Kier alpha value is -3.75. The number of amides is 1. The van der Waals surface area contributed by atoms with Gasteiger partial charge >= 0.3 is 0 Å². The number of hydrogen-bond acceptors (Lipinski definition) is 6. The molecule has 1 aliphatic rings. The molecule has 4 rings (SSSR count). The molecule has 0 saturated heterocycles. The fourth-order valence-corrected chi connectivity index (χ4v) is 3.23. The first-order valence-corrected chi connectivity index (χ1v) is 8.54. The number of rotatable bonds is 4. The molecule has 1 aliphatic heterocycles. The van der Waals surface area contributed by atoms with Crippen molar-refractivity contribution >= 4 is 17.5 Å². The highest BCUT2D eigenvalue weighted by Crippen LogP contribution is 2.36. The Balaban J connectivity index is 1.79. The molecule has 0 aliphatic carbocycles. The van der Waals surface area contributed by atoms with E-state index in [0.29, 0.717) is 34.2 Å². The quantitative estimate of drug-likeness (QED) is 0.723. The van der Waals surface area contributed by atoms with E-state index in [1.54, 1.807) is 49.4 Å². The van der Waals surface area contributed by atoms with Crippen LogP contribution in [0.25, 0.3) is 0 Å². The SMILES string of the molecule is COc1ccccc1NC(=O)C1=C(C)Nc2nnnn2[C@H]1c1ccccc1F. The van der Waals surface area contributed by atoms with E-state index in [0.717, 1.165) is 0 Å². The van der Waals surface area contributed by atoms with Gasteiger partial charge in [0, 0.05) is 11.3 Å². The van der Waals surface area contributed by atoms with Crippen LogP contribution < -0.4 is 15.4 Å². The van der Waals surface area contributed by atoms with Crippen molar-refractivity contribution in [3.63, 3.8) is 0 Å². The van der Waals surface area contributed by atoms with Gasteiger partial charge in [-0.25, -0.2) is 4.39 Å². The van der Waals surface area contributed by atoms with Gasteiger partial charge in [0.25, 0.3) is 5.91 Å². The Bertz CT molecular complexity index is 1080. The molecule has 2 aromatic carbocycles. The number of allylic oxidation sites excluding steroid dienone is 1. The number of carbonyl (C=O) groups excluding carboxylic acids is 1. The lowest BCUT2D eigenvalue weighted by molar-refractivity contribution is -0.113. The Morgan fingerprint density at radius 1 is 1.21 bits per heavy atom. The summed E-state index contributed by atoms with van der Waals surface area (Å²) in [5.74, 6) is -0.0156. The molecule has 0 spiro atoms. The number of anilines is 2. The summed E-state index contributed by atoms with van der Waals surface area (Å²) < 4.78 is 21.3. The van der Waals surface area contributed by atoms with Gasteiger partial charge in [0.05, 0.1) is 18.4 Å². The van der Waals surface area contributed by atoms with Crippen molar-refractivity contribution in [1.29, 1.82) is 0 Å². The van der Waals surface area contributed by atoms with Gasteiger partial charge in [-0.15, -0.1) is 0 Å². The molecule has 2 N–H and O–H groups in total. The monoisotopic (exact) mass is 380 g/mol. The Kier molecular flexibility index (Phi) is 4.48. The molecule has 1 aromatic heterocycles. The van der Waals surface area contributed by atoms with Gasteiger partial charge < -0.3 is 15.4 Å². The molecule has 8 nitrogen and oxygen atoms in total. The first-order chi connectivity index (χ1) is 13.6. The second-order valence-corrected chi connectivity index (χ2v) is 6.19. The Morgan fingerprint density at radius 2 is 1.96 bits per heavy atom. The zero-order chi connectivity index (χ0) is 19.7. The standard InChI is InChI=1S/C19H17FN6O2/c1-11-16(18(27)22-14-9-5-6-10-15(14)28-2)17(12-7-3-4-8-13(12)20)26-19(21-11)23-24-25-26/h3-10,17H,1-2H3,(H,22,27)(H,21,23,25)/t17-/m0/s1. The Labute approximate surface area is 160 Å². The predicted octanol–water partition coefficient (Wildman–Crippen LogP) is 2.75. The summed E-state index contributed by atoms with van der Waals surface area (Å²) in [5.41, 5.74) is 1.63. The number of para-hydroxylation sites is 2. The van der Waals surface area contributed by atoms with Crippen molar-refractivity contribution in [2.24, 2.45) is 0 Å². The van der Waals surface area contributed by atoms with E-state index in [-0.39, 0.29) is 0 Å². The third kappa shape index (κ3) is 2.96. The molecule has 0 saturated carbocycles. The molecule has 1 atom stereocenters. The molecule has 2 heterocycles. The number of halogens is 1. The largest absolute Gasteiger partial charge is 0.495 e. The van der Waals surface area contributed by atoms with E-state index >= 15 is 0 Å². The highest BCUT2D eigenvalue weighted by molar-refractivity contribution is 6.06. The number of fused-ring (bicyclic) bond motifs is 1. The zero-order valence-corrected chi connectivity index (χ0v) is 15.2. The predicted molar refractivity (Wildman–Crippen MR) is 100 cm³/mol. The topological polar surface area (TPSA) is 94.0 Å². The second-order valence-electron chi connectivity index (χ2n) is 6.19. The third-order valence-corrected chi connectivity index (χ3v) is 4.51. The summed E-state index contributed by atoms with van der Waals surface area (Å²) in [4.78, 5) is 13.2. The number of tetrazole rings is 1. The molecule has 28 heavy (non-hydrogen) atoms. The lowest BCUT2D eigenvalue weighted by Crippen LogP contribution is -2.32. The molecule has 0 fully saturated rings. The highest BCUT2D eigenvalue weighted by atomic mass is 19.1. The number of ether oxygens (including phenoxy) is 1. The number of methoxy groups -OCH3 is 1. The van der Waals surface area contributed by atoms with Crippen LogP contribution in [0.2, 0.25) is 0 Å². The molecular formula is C19H17FN6O2. The maximum atomic E-state index is 14.6. The molecule has 9 heteroatoms. The van der Waals surface area contributed by atoms with Gasteiger partial charge in [-0.3, -0.25) is 4.79 Å². The van der Waals surface area contributed by atoms with Crippen LogP contribution in [-0.2, 0) is 4.79 Å². The minimum absolute atomic E-state index is 0.294. The number of carbonyl (C=O) groups is 1. The second kappa shape index (κ2) is 7.10. The number of nitrogens with one attached hydrogen (secondary N) is 2. The van der Waals surface area contributed by atoms with Gasteiger partial charge in [-0.1, -0.05) is 35.4 Å². The van der Waals surface area contributed by atoms with Crippen LogP contribution in [0.4, 0.5) is 16.0 Å². The number of aromatic nitrogens is 4. The molecule has 0 radical (unpaired) electrons. The van der Waals surface area contributed by atoms with E-state index < -0.39 is 17.8 Å².